The number of para-hydroxylation sites is 1. The molecule has 1 aliphatic rings. The monoisotopic (exact) mass is 504 g/mol. The van der Waals surface area contributed by atoms with Crippen LogP contribution in [0.2, 0.25) is 0 Å². The van der Waals surface area contributed by atoms with Gasteiger partial charge in [-0.05, 0) is 62.4 Å². The molecular formula is C27H24N2O4S2. The van der Waals surface area contributed by atoms with Gasteiger partial charge in [0.05, 0.1) is 17.2 Å². The maximum atomic E-state index is 13.1. The molecular weight excluding hydrogens is 480 g/mol. The van der Waals surface area contributed by atoms with Crippen LogP contribution in [0, 0.1) is 6.92 Å². The van der Waals surface area contributed by atoms with Gasteiger partial charge in [-0.3, -0.25) is 14.5 Å². The van der Waals surface area contributed by atoms with Crippen LogP contribution in [-0.4, -0.2) is 29.3 Å². The van der Waals surface area contributed by atoms with E-state index >= 15 is 0 Å². The Bertz CT molecular complexity index is 1270. The molecule has 0 saturated carbocycles. The molecule has 1 heterocycles. The molecule has 0 unspecified atom stereocenters. The number of amides is 2. The topological polar surface area (TPSA) is 67.9 Å². The van der Waals surface area contributed by atoms with E-state index in [0.717, 1.165) is 17.0 Å². The molecule has 3 aromatic carbocycles. The molecule has 1 N–H and O–H groups in total. The van der Waals surface area contributed by atoms with Gasteiger partial charge in [0.25, 0.3) is 11.8 Å². The van der Waals surface area contributed by atoms with Gasteiger partial charge in [0, 0.05) is 11.3 Å². The van der Waals surface area contributed by atoms with E-state index in [2.05, 4.69) is 5.32 Å². The lowest BCUT2D eigenvalue weighted by Gasteiger charge is -2.14. The highest BCUT2D eigenvalue weighted by Crippen LogP contribution is 2.37. The number of nitrogens with one attached hydrogen (secondary N) is 1. The van der Waals surface area contributed by atoms with Crippen LogP contribution in [0.4, 0.5) is 11.4 Å². The zero-order chi connectivity index (χ0) is 24.8. The van der Waals surface area contributed by atoms with Crippen molar-refractivity contribution in [1.29, 1.82) is 0 Å². The Morgan fingerprint density at radius 1 is 1.03 bits per heavy atom. The first-order chi connectivity index (χ1) is 16.9. The molecule has 0 aliphatic carbocycles. The van der Waals surface area contributed by atoms with Gasteiger partial charge in [0.15, 0.2) is 10.9 Å². The van der Waals surface area contributed by atoms with E-state index in [1.165, 1.54) is 16.7 Å². The van der Waals surface area contributed by atoms with E-state index in [1.807, 2.05) is 56.3 Å². The Morgan fingerprint density at radius 2 is 1.74 bits per heavy atom. The van der Waals surface area contributed by atoms with Crippen molar-refractivity contribution in [2.45, 2.75) is 13.8 Å². The van der Waals surface area contributed by atoms with Gasteiger partial charge in [-0.15, -0.1) is 0 Å². The van der Waals surface area contributed by atoms with Gasteiger partial charge >= 0.3 is 0 Å². The van der Waals surface area contributed by atoms with E-state index in [-0.39, 0.29) is 18.4 Å². The minimum Gasteiger partial charge on any atom is -0.494 e. The third-order valence-electron chi connectivity index (χ3n) is 5.10. The number of thioether (sulfide) groups is 1. The van der Waals surface area contributed by atoms with Crippen molar-refractivity contribution in [1.82, 2.24) is 0 Å². The highest BCUT2D eigenvalue weighted by molar-refractivity contribution is 8.27. The van der Waals surface area contributed by atoms with Crippen LogP contribution in [0.3, 0.4) is 0 Å². The molecule has 178 valence electrons. The number of thiocarbonyl (C=S) groups is 1. The Hall–Kier alpha value is -3.62. The number of carbonyl (C=O) groups is 2. The smallest absolute Gasteiger partial charge is 0.270 e. The highest BCUT2D eigenvalue weighted by atomic mass is 32.2. The summed E-state index contributed by atoms with van der Waals surface area (Å²) in [7, 11) is 0. The molecule has 0 aromatic heterocycles. The van der Waals surface area contributed by atoms with Crippen LogP contribution in [0.25, 0.3) is 6.08 Å². The molecule has 6 nitrogen and oxygen atoms in total. The second-order valence-corrected chi connectivity index (χ2v) is 9.36. The normalized spacial score (nSPS) is 14.3. The van der Waals surface area contributed by atoms with Crippen LogP contribution in [0.1, 0.15) is 18.1 Å². The fourth-order valence-corrected chi connectivity index (χ4v) is 4.69. The van der Waals surface area contributed by atoms with Gasteiger partial charge in [-0.2, -0.15) is 0 Å². The molecule has 0 radical (unpaired) electrons. The van der Waals surface area contributed by atoms with Crippen molar-refractivity contribution in [2.75, 3.05) is 23.4 Å². The van der Waals surface area contributed by atoms with Crippen LogP contribution in [-0.2, 0) is 9.59 Å². The number of aryl methyl sites for hydroxylation is 1. The fraction of sp³-hybridized carbons (Fsp3) is 0.148. The van der Waals surface area contributed by atoms with E-state index in [1.54, 1.807) is 36.4 Å². The summed E-state index contributed by atoms with van der Waals surface area (Å²) in [5, 5.41) is 2.80. The second kappa shape index (κ2) is 11.2. The first-order valence-electron chi connectivity index (χ1n) is 11.0. The molecule has 8 heteroatoms. The van der Waals surface area contributed by atoms with E-state index < -0.39 is 0 Å². The van der Waals surface area contributed by atoms with E-state index in [4.69, 9.17) is 21.7 Å². The molecule has 1 saturated heterocycles. The third kappa shape index (κ3) is 6.09. The summed E-state index contributed by atoms with van der Waals surface area (Å²) in [6.07, 6.45) is 1.74. The lowest BCUT2D eigenvalue weighted by molar-refractivity contribution is -0.118. The van der Waals surface area contributed by atoms with Gasteiger partial charge < -0.3 is 14.8 Å². The first-order valence-corrected chi connectivity index (χ1v) is 12.3. The zero-order valence-corrected chi connectivity index (χ0v) is 20.9. The van der Waals surface area contributed by atoms with Crippen LogP contribution in [0.15, 0.2) is 77.7 Å². The molecule has 1 aliphatic heterocycles. The molecule has 4 rings (SSSR count). The summed E-state index contributed by atoms with van der Waals surface area (Å²) >= 11 is 6.70. The average molecular weight is 505 g/mol. The van der Waals surface area contributed by atoms with Crippen molar-refractivity contribution in [2.24, 2.45) is 0 Å². The summed E-state index contributed by atoms with van der Waals surface area (Å²) in [6.45, 7) is 4.30. The molecule has 2 amide bonds. The highest BCUT2D eigenvalue weighted by Gasteiger charge is 2.33. The number of anilines is 2. The lowest BCUT2D eigenvalue weighted by Crippen LogP contribution is -2.27. The Morgan fingerprint density at radius 3 is 2.46 bits per heavy atom. The predicted molar refractivity (Wildman–Crippen MR) is 145 cm³/mol. The molecule has 0 bridgehead atoms. The maximum Gasteiger partial charge on any atom is 0.270 e. The van der Waals surface area contributed by atoms with Crippen molar-refractivity contribution in [3.05, 3.63) is 88.8 Å². The standard InChI is InChI=1S/C27H24N2O4S2/c1-3-32-22-14-10-20(11-15-22)28-25(30)17-33-23-7-5-4-6-19(23)16-24-26(31)29(27(34)35-24)21-12-8-18(2)9-13-21/h4-16H,3,17H2,1-2H3,(H,28,30)/b24-16-. The second-order valence-electron chi connectivity index (χ2n) is 7.68. The van der Waals surface area contributed by atoms with Crippen LogP contribution < -0.4 is 19.7 Å². The third-order valence-corrected chi connectivity index (χ3v) is 6.40. The summed E-state index contributed by atoms with van der Waals surface area (Å²) in [4.78, 5) is 27.5. The first kappa shape index (κ1) is 24.5. The molecule has 3 aromatic rings. The summed E-state index contributed by atoms with van der Waals surface area (Å²) in [5.74, 6) is 0.750. The summed E-state index contributed by atoms with van der Waals surface area (Å²) in [5.41, 5.74) is 3.17. The van der Waals surface area contributed by atoms with Gasteiger partial charge in [0.1, 0.15) is 11.5 Å². The number of nitrogens with zero attached hydrogens (tertiary/aromatic N) is 1. The largest absolute Gasteiger partial charge is 0.494 e. The van der Waals surface area contributed by atoms with Crippen LogP contribution in [0.5, 0.6) is 11.5 Å². The van der Waals surface area contributed by atoms with Gasteiger partial charge in [-0.25, -0.2) is 0 Å². The molecule has 0 spiro atoms. The van der Waals surface area contributed by atoms with Gasteiger partial charge in [0.2, 0.25) is 0 Å². The van der Waals surface area contributed by atoms with Crippen molar-refractivity contribution in [3.8, 4) is 11.5 Å². The SMILES string of the molecule is CCOc1ccc(NC(=O)COc2ccccc2/C=C2\SC(=S)N(c3ccc(C)cc3)C2=O)cc1. The minimum absolute atomic E-state index is 0.178. The maximum absolute atomic E-state index is 13.1. The molecule has 0 atom stereocenters. The Kier molecular flexibility index (Phi) is 7.84. The minimum atomic E-state index is -0.297. The fourth-order valence-electron chi connectivity index (χ4n) is 3.40. The number of benzene rings is 3. The number of carbonyl (C=O) groups excluding carboxylic acids is 2. The summed E-state index contributed by atoms with van der Waals surface area (Å²) in [6, 6.07) is 22.0. The van der Waals surface area contributed by atoms with E-state index in [0.29, 0.717) is 32.8 Å². The summed E-state index contributed by atoms with van der Waals surface area (Å²) < 4.78 is 11.7. The van der Waals surface area contributed by atoms with Crippen molar-refractivity contribution < 1.29 is 19.1 Å². The van der Waals surface area contributed by atoms with Crippen molar-refractivity contribution in [3.63, 3.8) is 0 Å². The zero-order valence-electron chi connectivity index (χ0n) is 19.3. The molecule has 35 heavy (non-hydrogen) atoms. The number of hydrogen-bond donors (Lipinski definition) is 1. The lowest BCUT2D eigenvalue weighted by atomic mass is 10.1. The number of ether oxygens (including phenoxy) is 2. The predicted octanol–water partition coefficient (Wildman–Crippen LogP) is 5.82. The molecule has 1 fully saturated rings. The van der Waals surface area contributed by atoms with Crippen molar-refractivity contribution >= 4 is 57.6 Å². The van der Waals surface area contributed by atoms with Gasteiger partial charge in [-0.1, -0.05) is 59.9 Å². The number of hydrogen-bond acceptors (Lipinski definition) is 6. The Balaban J connectivity index is 1.43. The van der Waals surface area contributed by atoms with E-state index in [9.17, 15) is 9.59 Å². The average Bonchev–Trinajstić information content (AvgIpc) is 3.13. The Labute approximate surface area is 213 Å². The quantitative estimate of drug-likeness (QED) is 0.308. The number of rotatable bonds is 8. The van der Waals surface area contributed by atoms with Crippen LogP contribution >= 0.6 is 24.0 Å².